The summed E-state index contributed by atoms with van der Waals surface area (Å²) in [6, 6.07) is 75.6. The number of rotatable bonds is 6. The number of nitrogens with zero attached hydrogens (tertiary/aromatic N) is 1. The Balaban J connectivity index is 1.03. The molecule has 0 aliphatic carbocycles. The zero-order valence-electron chi connectivity index (χ0n) is 32.0. The lowest BCUT2D eigenvalue weighted by Gasteiger charge is -2.28. The third-order valence-corrected chi connectivity index (χ3v) is 11.9. The number of hydrogen-bond acceptors (Lipinski definition) is 3. The van der Waals surface area contributed by atoms with Crippen molar-refractivity contribution in [3.8, 4) is 33.4 Å². The third kappa shape index (κ3) is 5.36. The number of para-hydroxylation sites is 4. The molecule has 0 saturated heterocycles. The van der Waals surface area contributed by atoms with E-state index in [1.165, 1.54) is 27.3 Å². The quantitative estimate of drug-likeness (QED) is 0.169. The summed E-state index contributed by atoms with van der Waals surface area (Å²) in [4.78, 5) is 2.37. The van der Waals surface area contributed by atoms with E-state index in [0.717, 1.165) is 88.6 Å². The van der Waals surface area contributed by atoms with Gasteiger partial charge < -0.3 is 13.7 Å². The molecular formula is C56H35NO2. The summed E-state index contributed by atoms with van der Waals surface area (Å²) in [7, 11) is 0. The summed E-state index contributed by atoms with van der Waals surface area (Å²) in [5.41, 5.74) is 13.4. The Morgan fingerprint density at radius 2 is 0.763 bits per heavy atom. The molecule has 0 atom stereocenters. The molecule has 0 aliphatic rings. The summed E-state index contributed by atoms with van der Waals surface area (Å²) in [5, 5.41) is 9.23. The largest absolute Gasteiger partial charge is 0.455 e. The molecule has 2 heterocycles. The molecule has 10 aromatic carbocycles. The second-order valence-corrected chi connectivity index (χ2v) is 15.2. The van der Waals surface area contributed by atoms with Gasteiger partial charge in [0.25, 0.3) is 0 Å². The zero-order valence-corrected chi connectivity index (χ0v) is 32.0. The monoisotopic (exact) mass is 753 g/mol. The third-order valence-electron chi connectivity index (χ3n) is 11.9. The number of furan rings is 2. The van der Waals surface area contributed by atoms with E-state index in [2.05, 4.69) is 205 Å². The highest BCUT2D eigenvalue weighted by molar-refractivity contribution is 6.18. The first-order chi connectivity index (χ1) is 29.3. The van der Waals surface area contributed by atoms with Crippen molar-refractivity contribution in [3.63, 3.8) is 0 Å². The highest BCUT2D eigenvalue weighted by atomic mass is 16.3. The predicted octanol–water partition coefficient (Wildman–Crippen LogP) is 16.3. The molecule has 0 spiro atoms. The minimum absolute atomic E-state index is 0.881. The van der Waals surface area contributed by atoms with Crippen LogP contribution in [-0.2, 0) is 0 Å². The van der Waals surface area contributed by atoms with Gasteiger partial charge in [0.15, 0.2) is 0 Å². The van der Waals surface area contributed by atoms with Crippen LogP contribution in [0, 0.1) is 0 Å². The summed E-state index contributed by atoms with van der Waals surface area (Å²) in [5.74, 6) is 0. The van der Waals surface area contributed by atoms with Crippen LogP contribution in [0.15, 0.2) is 221 Å². The highest BCUT2D eigenvalue weighted by Crippen LogP contribution is 2.46. The minimum atomic E-state index is 0.881. The second-order valence-electron chi connectivity index (χ2n) is 15.2. The summed E-state index contributed by atoms with van der Waals surface area (Å²) in [6.07, 6.45) is 0. The van der Waals surface area contributed by atoms with Gasteiger partial charge in [-0.1, -0.05) is 170 Å². The number of anilines is 3. The summed E-state index contributed by atoms with van der Waals surface area (Å²) < 4.78 is 13.3. The lowest BCUT2D eigenvalue weighted by atomic mass is 9.97. The Morgan fingerprint density at radius 1 is 0.271 bits per heavy atom. The fourth-order valence-electron chi connectivity index (χ4n) is 9.09. The summed E-state index contributed by atoms with van der Waals surface area (Å²) >= 11 is 0. The van der Waals surface area contributed by atoms with E-state index in [-0.39, 0.29) is 0 Å². The van der Waals surface area contributed by atoms with Crippen molar-refractivity contribution in [2.45, 2.75) is 0 Å². The van der Waals surface area contributed by atoms with Gasteiger partial charge >= 0.3 is 0 Å². The van der Waals surface area contributed by atoms with Gasteiger partial charge in [0.05, 0.1) is 5.69 Å². The maximum atomic E-state index is 6.89. The van der Waals surface area contributed by atoms with Gasteiger partial charge in [-0.05, 0) is 75.3 Å². The van der Waals surface area contributed by atoms with E-state index in [4.69, 9.17) is 8.83 Å². The molecule has 3 nitrogen and oxygen atoms in total. The van der Waals surface area contributed by atoms with Crippen molar-refractivity contribution >= 4 is 82.5 Å². The molecule has 0 unspecified atom stereocenters. The molecule has 3 heteroatoms. The standard InChI is InChI=1S/C56H35NO2/c1-3-15-42-36(12-1)14-9-19-43(42)38-26-31-40(32-27-38)57(41-33-28-39(29-34-41)45-20-10-22-49-47-18-6-8-25-53(47)58-54(45)49)52-24-7-5-17-46(52)48-21-11-23-50-51-35-30-37-13-2-4-16-44(37)55(51)59-56(48)50/h1-35H. The van der Waals surface area contributed by atoms with E-state index in [9.17, 15) is 0 Å². The Bertz CT molecular complexity index is 3550. The lowest BCUT2D eigenvalue weighted by molar-refractivity contribution is 0.670. The maximum Gasteiger partial charge on any atom is 0.143 e. The average molecular weight is 754 g/mol. The molecule has 0 radical (unpaired) electrons. The molecule has 0 saturated carbocycles. The van der Waals surface area contributed by atoms with Crippen molar-refractivity contribution in [2.75, 3.05) is 4.90 Å². The highest BCUT2D eigenvalue weighted by Gasteiger charge is 2.22. The maximum absolute atomic E-state index is 6.89. The van der Waals surface area contributed by atoms with E-state index in [0.29, 0.717) is 0 Å². The van der Waals surface area contributed by atoms with Gasteiger partial charge in [0, 0.05) is 55.0 Å². The smallest absolute Gasteiger partial charge is 0.143 e. The Hall–Kier alpha value is -7.88. The van der Waals surface area contributed by atoms with Gasteiger partial charge in [-0.25, -0.2) is 0 Å². The van der Waals surface area contributed by atoms with Crippen LogP contribution in [0.2, 0.25) is 0 Å². The predicted molar refractivity (Wildman–Crippen MR) is 247 cm³/mol. The van der Waals surface area contributed by atoms with Crippen LogP contribution in [0.1, 0.15) is 0 Å². The van der Waals surface area contributed by atoms with Crippen molar-refractivity contribution in [1.29, 1.82) is 0 Å². The Labute approximate surface area is 340 Å². The molecule has 0 bridgehead atoms. The molecule has 0 amide bonds. The Kier molecular flexibility index (Phi) is 7.54. The van der Waals surface area contributed by atoms with Gasteiger partial charge in [-0.2, -0.15) is 0 Å². The molecule has 59 heavy (non-hydrogen) atoms. The van der Waals surface area contributed by atoms with Crippen LogP contribution in [0.4, 0.5) is 17.1 Å². The molecule has 0 aliphatic heterocycles. The number of fused-ring (bicyclic) bond motifs is 9. The fraction of sp³-hybridized carbons (Fsp3) is 0. The van der Waals surface area contributed by atoms with Crippen molar-refractivity contribution in [1.82, 2.24) is 0 Å². The molecular weight excluding hydrogens is 719 g/mol. The Morgan fingerprint density at radius 3 is 1.54 bits per heavy atom. The van der Waals surface area contributed by atoms with E-state index >= 15 is 0 Å². The summed E-state index contributed by atoms with van der Waals surface area (Å²) in [6.45, 7) is 0. The van der Waals surface area contributed by atoms with Crippen molar-refractivity contribution in [3.05, 3.63) is 212 Å². The first-order valence-corrected chi connectivity index (χ1v) is 20.1. The van der Waals surface area contributed by atoms with Crippen LogP contribution in [0.5, 0.6) is 0 Å². The first-order valence-electron chi connectivity index (χ1n) is 20.1. The van der Waals surface area contributed by atoms with E-state index in [1.54, 1.807) is 0 Å². The molecule has 12 rings (SSSR count). The molecule has 2 aromatic heterocycles. The molecule has 0 N–H and O–H groups in total. The fourth-order valence-corrected chi connectivity index (χ4v) is 9.09. The molecule has 276 valence electrons. The normalized spacial score (nSPS) is 11.7. The van der Waals surface area contributed by atoms with E-state index < -0.39 is 0 Å². The lowest BCUT2D eigenvalue weighted by Crippen LogP contribution is -2.11. The second kappa shape index (κ2) is 13.4. The van der Waals surface area contributed by atoms with E-state index in [1.807, 2.05) is 12.1 Å². The minimum Gasteiger partial charge on any atom is -0.455 e. The average Bonchev–Trinajstić information content (AvgIpc) is 3.89. The molecule has 12 aromatic rings. The van der Waals surface area contributed by atoms with Crippen LogP contribution >= 0.6 is 0 Å². The van der Waals surface area contributed by atoms with Gasteiger partial charge in [-0.3, -0.25) is 0 Å². The topological polar surface area (TPSA) is 29.5 Å². The van der Waals surface area contributed by atoms with Gasteiger partial charge in [0.2, 0.25) is 0 Å². The van der Waals surface area contributed by atoms with Gasteiger partial charge in [-0.15, -0.1) is 0 Å². The van der Waals surface area contributed by atoms with Crippen LogP contribution in [0.25, 0.3) is 98.8 Å². The van der Waals surface area contributed by atoms with Gasteiger partial charge in [0.1, 0.15) is 22.3 Å². The van der Waals surface area contributed by atoms with Crippen LogP contribution < -0.4 is 4.90 Å². The van der Waals surface area contributed by atoms with Crippen LogP contribution in [-0.4, -0.2) is 0 Å². The zero-order chi connectivity index (χ0) is 38.9. The van der Waals surface area contributed by atoms with Crippen molar-refractivity contribution in [2.24, 2.45) is 0 Å². The van der Waals surface area contributed by atoms with Crippen molar-refractivity contribution < 1.29 is 8.83 Å². The van der Waals surface area contributed by atoms with Crippen LogP contribution in [0.3, 0.4) is 0 Å². The number of hydrogen-bond donors (Lipinski definition) is 0. The molecule has 0 fully saturated rings. The SMILES string of the molecule is c1ccc(N(c2ccc(-c3cccc4ccccc34)cc2)c2ccc(-c3cccc4c3oc3ccccc34)cc2)c(-c2cccc3c2oc2c4ccccc4ccc32)c1. The number of benzene rings is 10. The first kappa shape index (κ1) is 33.3.